The summed E-state index contributed by atoms with van der Waals surface area (Å²) < 4.78 is 0. The Labute approximate surface area is 185 Å². The normalized spacial score (nSPS) is 27.5. The number of amides is 2. The Morgan fingerprint density at radius 2 is 1.81 bits per heavy atom. The highest BCUT2D eigenvalue weighted by Crippen LogP contribution is 2.36. The Kier molecular flexibility index (Phi) is 6.63. The smallest absolute Gasteiger partial charge is 0.254 e. The molecule has 4 rings (SSSR count). The fraction of sp³-hybridized carbons (Fsp3) is 0.640. The van der Waals surface area contributed by atoms with Crippen molar-refractivity contribution in [3.8, 4) is 0 Å². The molecule has 1 aromatic carbocycles. The molecular weight excluding hydrogens is 388 g/mol. The van der Waals surface area contributed by atoms with Gasteiger partial charge in [0.25, 0.3) is 11.8 Å². The first-order valence-corrected chi connectivity index (χ1v) is 12.0. The average Bonchev–Trinajstić information content (AvgIpc) is 3.02. The van der Waals surface area contributed by atoms with Gasteiger partial charge in [-0.15, -0.1) is 0 Å². The molecule has 2 saturated heterocycles. The van der Waals surface area contributed by atoms with Gasteiger partial charge in [-0.25, -0.2) is 0 Å². The summed E-state index contributed by atoms with van der Waals surface area (Å²) in [4.78, 5) is 29.6. The zero-order chi connectivity index (χ0) is 21.8. The maximum atomic E-state index is 13.3. The maximum absolute atomic E-state index is 13.3. The summed E-state index contributed by atoms with van der Waals surface area (Å²) in [6.45, 7) is 1.46. The third-order valence-corrected chi connectivity index (χ3v) is 7.58. The fourth-order valence-electron chi connectivity index (χ4n) is 5.79. The second kappa shape index (κ2) is 9.41. The van der Waals surface area contributed by atoms with E-state index in [0.29, 0.717) is 18.9 Å². The third-order valence-electron chi connectivity index (χ3n) is 7.58. The number of nitrogens with zero attached hydrogens (tertiary/aromatic N) is 2. The Morgan fingerprint density at radius 1 is 1.10 bits per heavy atom. The van der Waals surface area contributed by atoms with Gasteiger partial charge in [0.05, 0.1) is 0 Å². The van der Waals surface area contributed by atoms with Crippen LogP contribution in [0.1, 0.15) is 74.6 Å². The number of benzene rings is 1. The molecule has 6 heteroatoms. The molecule has 3 fully saturated rings. The monoisotopic (exact) mass is 424 g/mol. The van der Waals surface area contributed by atoms with E-state index in [1.165, 1.54) is 37.0 Å². The number of likely N-dealkylation sites (tertiary alicyclic amines) is 1. The van der Waals surface area contributed by atoms with Gasteiger partial charge in [0.2, 0.25) is 0 Å². The van der Waals surface area contributed by atoms with Crippen LogP contribution in [0.2, 0.25) is 0 Å². The number of nitrogens with one attached hydrogen (secondary N) is 2. The van der Waals surface area contributed by atoms with Gasteiger partial charge < -0.3 is 10.2 Å². The molecule has 2 heterocycles. The van der Waals surface area contributed by atoms with E-state index in [0.717, 1.165) is 37.8 Å². The second-order valence-corrected chi connectivity index (χ2v) is 9.79. The predicted octanol–water partition coefficient (Wildman–Crippen LogP) is 4.02. The number of hydrogen-bond acceptors (Lipinski definition) is 3. The fourth-order valence-corrected chi connectivity index (χ4v) is 5.79. The molecule has 0 aromatic heterocycles. The summed E-state index contributed by atoms with van der Waals surface area (Å²) >= 11 is 0. The molecule has 0 spiro atoms. The Morgan fingerprint density at radius 3 is 2.48 bits per heavy atom. The van der Waals surface area contributed by atoms with Gasteiger partial charge in [-0.3, -0.25) is 19.9 Å². The predicted molar refractivity (Wildman–Crippen MR) is 122 cm³/mol. The van der Waals surface area contributed by atoms with E-state index < -0.39 is 5.54 Å². The largest absolute Gasteiger partial charge is 0.342 e. The van der Waals surface area contributed by atoms with Crippen molar-refractivity contribution < 1.29 is 9.59 Å². The number of rotatable bonds is 6. The average molecular weight is 425 g/mol. The van der Waals surface area contributed by atoms with Crippen LogP contribution in [0.4, 0.5) is 0 Å². The van der Waals surface area contributed by atoms with Crippen molar-refractivity contribution in [2.45, 2.75) is 69.7 Å². The van der Waals surface area contributed by atoms with Crippen molar-refractivity contribution in [1.29, 1.82) is 5.41 Å². The molecule has 1 saturated carbocycles. The number of guanidine groups is 1. The zero-order valence-corrected chi connectivity index (χ0v) is 18.7. The van der Waals surface area contributed by atoms with Crippen LogP contribution < -0.4 is 5.32 Å². The molecule has 2 aliphatic heterocycles. The molecule has 2 atom stereocenters. The highest BCUT2D eigenvalue weighted by Gasteiger charge is 2.49. The quantitative estimate of drug-likeness (QED) is 0.724. The molecule has 3 aliphatic rings. The SMILES string of the molecule is CN1C(=N)N[C@@](CCC2CCCCC2)(C[C@H]2CCCN(C(=O)c3ccccc3)C2)C1=O. The van der Waals surface area contributed by atoms with Gasteiger partial charge in [-0.1, -0.05) is 50.3 Å². The topological polar surface area (TPSA) is 76.5 Å². The minimum absolute atomic E-state index is 0.0276. The van der Waals surface area contributed by atoms with Gasteiger partial charge in [0.15, 0.2) is 5.96 Å². The highest BCUT2D eigenvalue weighted by atomic mass is 16.2. The summed E-state index contributed by atoms with van der Waals surface area (Å²) in [6, 6.07) is 9.47. The standard InChI is InChI=1S/C25H36N4O2/c1-28-23(31)25(27-24(28)26,15-14-19-9-4-2-5-10-19)17-20-11-8-16-29(18-20)22(30)21-12-6-3-7-13-21/h3,6-7,12-13,19-20H,2,4-5,8-11,14-18H2,1H3,(H2,26,27)/t20-,25+/m1/s1. The first-order valence-electron chi connectivity index (χ1n) is 12.0. The molecule has 2 amide bonds. The van der Waals surface area contributed by atoms with Crippen LogP contribution in [0, 0.1) is 17.2 Å². The van der Waals surface area contributed by atoms with Crippen LogP contribution in [0.3, 0.4) is 0 Å². The number of piperidine rings is 1. The Hall–Kier alpha value is -2.37. The van der Waals surface area contributed by atoms with Crippen molar-refractivity contribution >= 4 is 17.8 Å². The molecule has 168 valence electrons. The van der Waals surface area contributed by atoms with Crippen LogP contribution >= 0.6 is 0 Å². The van der Waals surface area contributed by atoms with Gasteiger partial charge >= 0.3 is 0 Å². The zero-order valence-electron chi connectivity index (χ0n) is 18.7. The molecule has 6 nitrogen and oxygen atoms in total. The van der Waals surface area contributed by atoms with Gasteiger partial charge in [0.1, 0.15) is 5.54 Å². The van der Waals surface area contributed by atoms with Crippen molar-refractivity contribution in [2.75, 3.05) is 20.1 Å². The summed E-state index contributed by atoms with van der Waals surface area (Å²) in [6.07, 6.45) is 11.0. The van der Waals surface area contributed by atoms with Gasteiger partial charge in [-0.2, -0.15) is 0 Å². The van der Waals surface area contributed by atoms with Crippen molar-refractivity contribution in [1.82, 2.24) is 15.1 Å². The van der Waals surface area contributed by atoms with Crippen LogP contribution in [-0.2, 0) is 4.79 Å². The summed E-state index contributed by atoms with van der Waals surface area (Å²) in [5.74, 6) is 1.28. The Balaban J connectivity index is 1.45. The summed E-state index contributed by atoms with van der Waals surface area (Å²) in [7, 11) is 1.70. The van der Waals surface area contributed by atoms with Crippen molar-refractivity contribution in [3.63, 3.8) is 0 Å². The highest BCUT2D eigenvalue weighted by molar-refractivity contribution is 6.07. The van der Waals surface area contributed by atoms with E-state index in [-0.39, 0.29) is 23.7 Å². The molecule has 2 N–H and O–H groups in total. The lowest BCUT2D eigenvalue weighted by atomic mass is 9.77. The van der Waals surface area contributed by atoms with E-state index >= 15 is 0 Å². The molecule has 0 radical (unpaired) electrons. The lowest BCUT2D eigenvalue weighted by Crippen LogP contribution is -2.51. The number of carbonyl (C=O) groups is 2. The summed E-state index contributed by atoms with van der Waals surface area (Å²) in [5, 5.41) is 11.5. The van der Waals surface area contributed by atoms with Crippen LogP contribution in [0.15, 0.2) is 30.3 Å². The molecule has 1 aromatic rings. The van der Waals surface area contributed by atoms with E-state index in [2.05, 4.69) is 5.32 Å². The second-order valence-electron chi connectivity index (χ2n) is 9.79. The molecular formula is C25H36N4O2. The van der Waals surface area contributed by atoms with E-state index in [1.54, 1.807) is 7.05 Å². The van der Waals surface area contributed by atoms with Crippen LogP contribution in [0.25, 0.3) is 0 Å². The number of hydrogen-bond donors (Lipinski definition) is 2. The first kappa shape index (κ1) is 21.8. The van der Waals surface area contributed by atoms with E-state index in [1.807, 2.05) is 35.2 Å². The van der Waals surface area contributed by atoms with Crippen molar-refractivity contribution in [3.05, 3.63) is 35.9 Å². The van der Waals surface area contributed by atoms with Gasteiger partial charge in [-0.05, 0) is 56.1 Å². The lowest BCUT2D eigenvalue weighted by Gasteiger charge is -2.38. The molecule has 31 heavy (non-hydrogen) atoms. The van der Waals surface area contributed by atoms with Crippen LogP contribution in [-0.4, -0.2) is 53.2 Å². The minimum Gasteiger partial charge on any atom is -0.342 e. The Bertz CT molecular complexity index is 805. The van der Waals surface area contributed by atoms with Crippen LogP contribution in [0.5, 0.6) is 0 Å². The van der Waals surface area contributed by atoms with E-state index in [4.69, 9.17) is 5.41 Å². The molecule has 0 unspecified atom stereocenters. The number of carbonyl (C=O) groups excluding carboxylic acids is 2. The van der Waals surface area contributed by atoms with Gasteiger partial charge in [0, 0.05) is 25.7 Å². The third kappa shape index (κ3) is 4.78. The maximum Gasteiger partial charge on any atom is 0.254 e. The number of likely N-dealkylation sites (N-methyl/N-ethyl adjacent to an activating group) is 1. The molecule has 1 aliphatic carbocycles. The van der Waals surface area contributed by atoms with Crippen molar-refractivity contribution in [2.24, 2.45) is 11.8 Å². The lowest BCUT2D eigenvalue weighted by molar-refractivity contribution is -0.131. The molecule has 0 bridgehead atoms. The van der Waals surface area contributed by atoms with E-state index in [9.17, 15) is 9.59 Å². The minimum atomic E-state index is -0.688. The first-order chi connectivity index (χ1) is 15.0. The summed E-state index contributed by atoms with van der Waals surface area (Å²) in [5.41, 5.74) is 0.0407.